The van der Waals surface area contributed by atoms with Crippen molar-refractivity contribution in [1.82, 2.24) is 49.3 Å². The number of carboxylic acids is 1. The summed E-state index contributed by atoms with van der Waals surface area (Å²) in [6, 6.07) is 75.0. The number of aromatic carboxylic acids is 1. The summed E-state index contributed by atoms with van der Waals surface area (Å²) >= 11 is 0. The summed E-state index contributed by atoms with van der Waals surface area (Å²) in [6.07, 6.45) is 0.771. The first-order valence-corrected chi connectivity index (χ1v) is 35.3. The molecule has 552 valence electrons. The summed E-state index contributed by atoms with van der Waals surface area (Å²) in [7, 11) is 8.77. The van der Waals surface area contributed by atoms with E-state index in [1.54, 1.807) is 73.0 Å². The van der Waals surface area contributed by atoms with Crippen molar-refractivity contribution < 1.29 is 41.4 Å². The third kappa shape index (κ3) is 14.0. The van der Waals surface area contributed by atoms with E-state index in [1.807, 2.05) is 147 Å². The van der Waals surface area contributed by atoms with Crippen LogP contribution in [0.1, 0.15) is 23.7 Å². The van der Waals surface area contributed by atoms with Crippen LogP contribution in [0.2, 0.25) is 0 Å². The number of aryl methyl sites for hydroxylation is 4. The number of halogens is 4. The lowest BCUT2D eigenvalue weighted by molar-refractivity contribution is 0.0692. The number of nitrogens with zero attached hydrogens (tertiary/aromatic N) is 9. The van der Waals surface area contributed by atoms with E-state index in [4.69, 9.17) is 41.9 Å². The zero-order chi connectivity index (χ0) is 77.5. The van der Waals surface area contributed by atoms with Gasteiger partial charge >= 0.3 is 5.97 Å². The molecule has 19 nitrogen and oxygen atoms in total. The number of furan rings is 1. The fourth-order valence-electron chi connectivity index (χ4n) is 14.0. The fraction of sp³-hybridized carbons (Fsp3) is 0.0909. The molecule has 19 rings (SSSR count). The number of rotatable bonds is 10. The third-order valence-electron chi connectivity index (χ3n) is 19.2. The molecule has 0 spiro atoms. The number of aromatic nitrogens is 10. The average molecular weight is 1480 g/mol. The van der Waals surface area contributed by atoms with Crippen molar-refractivity contribution in [3.63, 3.8) is 0 Å². The van der Waals surface area contributed by atoms with Crippen LogP contribution in [0.4, 0.5) is 40.3 Å². The van der Waals surface area contributed by atoms with Gasteiger partial charge in [-0.2, -0.15) is 25.5 Å². The Morgan fingerprint density at radius 2 is 0.937 bits per heavy atom. The maximum absolute atomic E-state index is 14.5. The molecule has 111 heavy (non-hydrogen) atoms. The number of methoxy groups -OCH3 is 1. The van der Waals surface area contributed by atoms with Crippen molar-refractivity contribution in [2.45, 2.75) is 13.3 Å². The quantitative estimate of drug-likeness (QED) is 0.0549. The van der Waals surface area contributed by atoms with Crippen LogP contribution in [0.5, 0.6) is 11.5 Å². The lowest BCUT2D eigenvalue weighted by atomic mass is 10.0. The van der Waals surface area contributed by atoms with E-state index in [0.717, 1.165) is 88.8 Å². The van der Waals surface area contributed by atoms with Crippen LogP contribution >= 0.6 is 0 Å². The summed E-state index contributed by atoms with van der Waals surface area (Å²) in [6.45, 7) is 2.39. The van der Waals surface area contributed by atoms with Gasteiger partial charge in [-0.05, 0) is 142 Å². The molecule has 0 saturated heterocycles. The van der Waals surface area contributed by atoms with Gasteiger partial charge < -0.3 is 41.9 Å². The number of hydrogen-bond acceptors (Lipinski definition) is 13. The second-order valence-electron chi connectivity index (χ2n) is 26.6. The molecule has 10 N–H and O–H groups in total. The van der Waals surface area contributed by atoms with Crippen molar-refractivity contribution in [3.8, 4) is 68.0 Å². The number of aromatic amines is 1. The Hall–Kier alpha value is -14.5. The highest BCUT2D eigenvalue weighted by atomic mass is 19.1. The summed E-state index contributed by atoms with van der Waals surface area (Å²) in [4.78, 5) is 11.6. The van der Waals surface area contributed by atoms with Crippen molar-refractivity contribution in [3.05, 3.63) is 271 Å². The molecule has 13 aromatic carbocycles. The van der Waals surface area contributed by atoms with Gasteiger partial charge in [0.05, 0.1) is 57.8 Å². The molecule has 0 radical (unpaired) electrons. The highest BCUT2D eigenvalue weighted by Gasteiger charge is 2.25. The van der Waals surface area contributed by atoms with Gasteiger partial charge in [-0.25, -0.2) is 22.4 Å². The van der Waals surface area contributed by atoms with E-state index in [9.17, 15) is 27.5 Å². The molecule has 0 saturated carbocycles. The molecule has 0 aliphatic carbocycles. The van der Waals surface area contributed by atoms with Crippen molar-refractivity contribution in [1.29, 1.82) is 0 Å². The van der Waals surface area contributed by atoms with Crippen LogP contribution in [0.3, 0.4) is 0 Å². The average Bonchev–Trinajstić information content (AvgIpc) is 1.65. The van der Waals surface area contributed by atoms with E-state index in [2.05, 4.69) is 74.0 Å². The minimum atomic E-state index is -1.04. The minimum Gasteiger partial charge on any atom is -0.494 e. The van der Waals surface area contributed by atoms with Crippen LogP contribution in [0, 0.1) is 23.3 Å². The minimum absolute atomic E-state index is 0.111. The second kappa shape index (κ2) is 30.0. The Morgan fingerprint density at radius 3 is 1.45 bits per heavy atom. The Bertz CT molecular complexity index is 6780. The molecule has 0 atom stereocenters. The number of carbonyl (C=O) groups is 1. The summed E-state index contributed by atoms with van der Waals surface area (Å²) in [5, 5.41) is 45.9. The predicted molar refractivity (Wildman–Crippen MR) is 435 cm³/mol. The number of ether oxygens (including phenoxy) is 2. The Morgan fingerprint density at radius 1 is 0.459 bits per heavy atom. The maximum atomic E-state index is 14.5. The normalized spacial score (nSPS) is 11.3. The second-order valence-corrected chi connectivity index (χ2v) is 26.6. The molecule has 0 fully saturated rings. The smallest absolute Gasteiger partial charge is 0.339 e. The predicted octanol–water partition coefficient (Wildman–Crippen LogP) is 19.8. The number of fused-ring (bicyclic) bond motifs is 9. The Balaban J connectivity index is 0.000000110. The molecule has 0 amide bonds. The van der Waals surface area contributed by atoms with E-state index >= 15 is 0 Å². The number of nitrogens with one attached hydrogen (secondary N) is 1. The molecule has 19 aromatic rings. The Labute approximate surface area is 631 Å². The molecule has 0 bridgehead atoms. The van der Waals surface area contributed by atoms with Crippen molar-refractivity contribution >= 4 is 127 Å². The number of anilines is 4. The molecular weight excluding hydrogens is 1410 g/mol. The van der Waals surface area contributed by atoms with Crippen LogP contribution in [0.25, 0.3) is 154 Å². The standard InChI is InChI=1S/C19H17N3O.C19H16N2O4.2C18H14FN3.C14H11F2N3/c1-22-16-10-9-15(20)19(23-2)17(16)18(21-22)14-8-7-12-5-3-4-6-13(12)11-14;1-2-9-24-18-12(19(22)23)7-8-13-16(18)17(21-20-13)15-10-11-5-3-4-6-14(11)25-15;1-22-18-15(9-14(20)10-16(18)19)17(21-22)13-7-6-11-4-2-3-5-12(11)8-13;1-22-15-9-8-14(20)17(19)16(15)18(21-22)13-7-6-11-4-2-3-5-12(11)10-13;1-19-14-11(6-10(17)7-12(14)16)13(18-19)8-3-2-4-9(15)5-8/h3-11H,20H2,1-2H3;3-8,10H,2,9H2,1H3,(H,20,21)(H,22,23);2*2-10H,20H2,1H3;2-7H,17H2,1H3. The first kappa shape index (κ1) is 72.1. The van der Waals surface area contributed by atoms with Gasteiger partial charge in [-0.3, -0.25) is 23.8 Å². The number of hydrogen-bond donors (Lipinski definition) is 6. The number of benzene rings is 13. The first-order valence-electron chi connectivity index (χ1n) is 35.3. The van der Waals surface area contributed by atoms with Crippen LogP contribution in [-0.4, -0.2) is 74.1 Å². The van der Waals surface area contributed by atoms with E-state index in [0.29, 0.717) is 96.3 Å². The zero-order valence-electron chi connectivity index (χ0n) is 60.9. The number of H-pyrrole nitrogens is 1. The lowest BCUT2D eigenvalue weighted by Crippen LogP contribution is -2.04. The molecule has 6 aromatic heterocycles. The van der Waals surface area contributed by atoms with Crippen molar-refractivity contribution in [2.75, 3.05) is 36.7 Å². The first-order chi connectivity index (χ1) is 53.7. The SMILES string of the molecule is CCCOc1c(C(=O)O)ccc2[nH]nc(-c3cc4ccccc4o3)c12.COc1c(N)ccc2c1c(-c1ccc3ccccc3c1)nn2C.Cn1nc(-c2ccc3ccccc3c2)c2c(F)c(N)ccc21.Cn1nc(-c2ccc3ccccc3c2)c2cc(N)cc(F)c21.Cn1nc(-c2cccc(F)c2)c2cc(N)cc(F)c21. The van der Waals surface area contributed by atoms with Crippen LogP contribution < -0.4 is 32.4 Å². The van der Waals surface area contributed by atoms with E-state index < -0.39 is 17.6 Å². The lowest BCUT2D eigenvalue weighted by Gasteiger charge is -2.10. The van der Waals surface area contributed by atoms with Gasteiger partial charge in [-0.15, -0.1) is 0 Å². The monoisotopic (exact) mass is 1480 g/mol. The van der Waals surface area contributed by atoms with E-state index in [-0.39, 0.29) is 22.9 Å². The highest BCUT2D eigenvalue weighted by Crippen LogP contribution is 2.42. The highest BCUT2D eigenvalue weighted by molar-refractivity contribution is 6.07. The summed E-state index contributed by atoms with van der Waals surface area (Å²) in [5.74, 6) is -1.03. The fourth-order valence-corrected chi connectivity index (χ4v) is 14.0. The number of carboxylic acid groups (broad SMARTS) is 1. The van der Waals surface area contributed by atoms with Gasteiger partial charge in [0, 0.05) is 78.0 Å². The molecule has 0 unspecified atom stereocenters. The topological polar surface area (TPSA) is 273 Å². The third-order valence-corrected chi connectivity index (χ3v) is 19.2. The summed E-state index contributed by atoms with van der Waals surface area (Å²) < 4.78 is 79.6. The van der Waals surface area contributed by atoms with Crippen molar-refractivity contribution in [2.24, 2.45) is 28.2 Å². The summed E-state index contributed by atoms with van der Waals surface area (Å²) in [5.41, 5.74) is 35.6. The van der Waals surface area contributed by atoms with Crippen LogP contribution in [0.15, 0.2) is 247 Å². The van der Waals surface area contributed by atoms with Crippen LogP contribution in [-0.2, 0) is 28.2 Å². The number of nitrogens with two attached hydrogens (primary N) is 4. The maximum Gasteiger partial charge on any atom is 0.339 e. The van der Waals surface area contributed by atoms with Gasteiger partial charge in [0.1, 0.15) is 62.2 Å². The van der Waals surface area contributed by atoms with Gasteiger partial charge in [0.2, 0.25) is 0 Å². The zero-order valence-corrected chi connectivity index (χ0v) is 60.9. The Kier molecular flexibility index (Phi) is 19.5. The van der Waals surface area contributed by atoms with E-state index in [1.165, 1.54) is 45.8 Å². The van der Waals surface area contributed by atoms with Gasteiger partial charge in [0.25, 0.3) is 0 Å². The number of para-hydroxylation sites is 1. The van der Waals surface area contributed by atoms with Gasteiger partial charge in [0.15, 0.2) is 29.0 Å². The largest absolute Gasteiger partial charge is 0.494 e. The molecule has 0 aliphatic heterocycles. The van der Waals surface area contributed by atoms with Gasteiger partial charge in [-0.1, -0.05) is 146 Å². The molecule has 6 heterocycles. The molecular formula is C88H72F4N14O5. The number of nitrogen functional groups attached to an aromatic ring is 4. The molecule has 23 heteroatoms. The molecule has 0 aliphatic rings.